The molecule has 7 heteroatoms. The number of nitrogens with zero attached hydrogens (tertiary/aromatic N) is 2. The molecule has 0 radical (unpaired) electrons. The Balaban J connectivity index is 2.70. The maximum absolute atomic E-state index is 11.8. The molecule has 0 saturated carbocycles. The first-order valence-corrected chi connectivity index (χ1v) is 5.48. The number of hydrogen-bond donors (Lipinski definition) is 3. The Morgan fingerprint density at radius 3 is 2.61 bits per heavy atom. The lowest BCUT2D eigenvalue weighted by molar-refractivity contribution is 0.0914. The van der Waals surface area contributed by atoms with Crippen LogP contribution in [0.2, 0.25) is 0 Å². The minimum absolute atomic E-state index is 0.0493. The number of amidine groups is 1. The van der Waals surface area contributed by atoms with Gasteiger partial charge in [-0.05, 0) is 6.92 Å². The number of carbonyl (C=O) groups is 1. The molecule has 7 nitrogen and oxygen atoms in total. The molecular formula is C11H18N4O3. The third kappa shape index (κ3) is 2.99. The van der Waals surface area contributed by atoms with Gasteiger partial charge >= 0.3 is 0 Å². The van der Waals surface area contributed by atoms with Crippen LogP contribution in [0, 0.1) is 19.3 Å². The topological polar surface area (TPSA) is 114 Å². The van der Waals surface area contributed by atoms with Gasteiger partial charge in [-0.2, -0.15) is 0 Å². The fraction of sp³-hybridized carbons (Fsp3) is 0.545. The van der Waals surface area contributed by atoms with Gasteiger partial charge in [-0.1, -0.05) is 19.0 Å². The summed E-state index contributed by atoms with van der Waals surface area (Å²) in [5.41, 5.74) is 5.41. The summed E-state index contributed by atoms with van der Waals surface area (Å²) in [5, 5.41) is 14.2. The van der Waals surface area contributed by atoms with E-state index in [1.807, 2.05) is 0 Å². The Kier molecular flexibility index (Phi) is 3.95. The highest BCUT2D eigenvalue weighted by atomic mass is 16.4. The lowest BCUT2D eigenvalue weighted by Crippen LogP contribution is -2.42. The van der Waals surface area contributed by atoms with Crippen molar-refractivity contribution in [2.24, 2.45) is 16.3 Å². The Labute approximate surface area is 105 Å². The van der Waals surface area contributed by atoms with E-state index >= 15 is 0 Å². The van der Waals surface area contributed by atoms with Crippen LogP contribution in [0.1, 0.15) is 36.0 Å². The zero-order chi connectivity index (χ0) is 13.9. The highest BCUT2D eigenvalue weighted by molar-refractivity contribution is 5.93. The molecule has 0 unspecified atom stereocenters. The van der Waals surface area contributed by atoms with Crippen LogP contribution in [-0.2, 0) is 0 Å². The van der Waals surface area contributed by atoms with Gasteiger partial charge < -0.3 is 20.7 Å². The second kappa shape index (κ2) is 5.07. The summed E-state index contributed by atoms with van der Waals surface area (Å²) in [7, 11) is 0. The van der Waals surface area contributed by atoms with Crippen LogP contribution in [0.4, 0.5) is 0 Å². The minimum atomic E-state index is -0.645. The first-order chi connectivity index (χ1) is 8.27. The third-order valence-electron chi connectivity index (χ3n) is 2.60. The molecule has 1 rings (SSSR count). The Morgan fingerprint density at radius 2 is 2.17 bits per heavy atom. The summed E-state index contributed by atoms with van der Waals surface area (Å²) in [5.74, 6) is 0.302. The molecule has 4 N–H and O–H groups in total. The summed E-state index contributed by atoms with van der Waals surface area (Å²) in [6.45, 7) is 7.09. The van der Waals surface area contributed by atoms with Gasteiger partial charge in [0.05, 0.1) is 5.69 Å². The minimum Gasteiger partial charge on any atom is -0.436 e. The maximum atomic E-state index is 11.8. The van der Waals surface area contributed by atoms with Crippen molar-refractivity contribution in [3.63, 3.8) is 0 Å². The molecule has 0 spiro atoms. The van der Waals surface area contributed by atoms with Gasteiger partial charge in [0.1, 0.15) is 5.84 Å². The molecule has 18 heavy (non-hydrogen) atoms. The van der Waals surface area contributed by atoms with Crippen LogP contribution in [0.15, 0.2) is 9.57 Å². The van der Waals surface area contributed by atoms with E-state index in [0.717, 1.165) is 0 Å². The average Bonchev–Trinajstić information content (AvgIpc) is 2.64. The van der Waals surface area contributed by atoms with Gasteiger partial charge in [0.15, 0.2) is 5.89 Å². The van der Waals surface area contributed by atoms with Crippen molar-refractivity contribution in [2.45, 2.75) is 27.7 Å². The van der Waals surface area contributed by atoms with E-state index in [-0.39, 0.29) is 24.0 Å². The van der Waals surface area contributed by atoms with Crippen molar-refractivity contribution < 1.29 is 14.4 Å². The number of rotatable bonds is 4. The van der Waals surface area contributed by atoms with Gasteiger partial charge in [0.25, 0.3) is 5.91 Å². The van der Waals surface area contributed by atoms with Crippen LogP contribution in [0.3, 0.4) is 0 Å². The van der Waals surface area contributed by atoms with Crippen LogP contribution in [-0.4, -0.2) is 28.5 Å². The SMILES string of the molecule is Cc1nc(C)c(C(=O)NCC(C)(C)C(N)=NO)o1. The summed E-state index contributed by atoms with van der Waals surface area (Å²) in [4.78, 5) is 15.9. The second-order valence-corrected chi connectivity index (χ2v) is 4.70. The maximum Gasteiger partial charge on any atom is 0.289 e. The van der Waals surface area contributed by atoms with Crippen molar-refractivity contribution in [1.82, 2.24) is 10.3 Å². The molecule has 1 heterocycles. The summed E-state index contributed by atoms with van der Waals surface area (Å²) in [6, 6.07) is 0. The molecule has 0 aliphatic rings. The number of oxazole rings is 1. The fourth-order valence-electron chi connectivity index (χ4n) is 1.35. The van der Waals surface area contributed by atoms with Crippen molar-refractivity contribution in [2.75, 3.05) is 6.54 Å². The van der Waals surface area contributed by atoms with E-state index in [4.69, 9.17) is 15.4 Å². The van der Waals surface area contributed by atoms with Gasteiger partial charge in [-0.3, -0.25) is 4.79 Å². The monoisotopic (exact) mass is 254 g/mol. The van der Waals surface area contributed by atoms with Gasteiger partial charge in [0.2, 0.25) is 5.76 Å². The van der Waals surface area contributed by atoms with Crippen molar-refractivity contribution in [3.05, 3.63) is 17.3 Å². The zero-order valence-electron chi connectivity index (χ0n) is 10.9. The third-order valence-corrected chi connectivity index (χ3v) is 2.60. The molecule has 0 aliphatic carbocycles. The Morgan fingerprint density at radius 1 is 1.56 bits per heavy atom. The molecule has 1 aromatic heterocycles. The molecule has 0 saturated heterocycles. The lowest BCUT2D eigenvalue weighted by Gasteiger charge is -2.22. The number of amides is 1. The number of aryl methyl sites for hydroxylation is 2. The fourth-order valence-corrected chi connectivity index (χ4v) is 1.35. The number of oxime groups is 1. The quantitative estimate of drug-likeness (QED) is 0.318. The molecule has 0 aliphatic heterocycles. The number of carbonyl (C=O) groups excluding carboxylic acids is 1. The van der Waals surface area contributed by atoms with Crippen LogP contribution in [0.5, 0.6) is 0 Å². The summed E-state index contributed by atoms with van der Waals surface area (Å²) in [6.07, 6.45) is 0. The predicted octanol–water partition coefficient (Wildman–Crippen LogP) is 0.794. The van der Waals surface area contributed by atoms with E-state index in [1.54, 1.807) is 27.7 Å². The number of aromatic nitrogens is 1. The predicted molar refractivity (Wildman–Crippen MR) is 65.5 cm³/mol. The van der Waals surface area contributed by atoms with Crippen LogP contribution < -0.4 is 11.1 Å². The highest BCUT2D eigenvalue weighted by Gasteiger charge is 2.25. The zero-order valence-corrected chi connectivity index (χ0v) is 10.9. The molecule has 0 atom stereocenters. The largest absolute Gasteiger partial charge is 0.436 e. The molecule has 1 aromatic rings. The van der Waals surface area contributed by atoms with E-state index in [2.05, 4.69) is 15.5 Å². The van der Waals surface area contributed by atoms with E-state index < -0.39 is 5.41 Å². The first kappa shape index (κ1) is 14.0. The standard InChI is InChI=1S/C11H18N4O3/c1-6-8(18-7(2)14-6)9(16)13-5-11(3,4)10(12)15-17/h17H,5H2,1-4H3,(H2,12,15)(H,13,16). The molecular weight excluding hydrogens is 236 g/mol. The molecule has 1 amide bonds. The number of hydrogen-bond acceptors (Lipinski definition) is 5. The van der Waals surface area contributed by atoms with Crippen molar-refractivity contribution in [1.29, 1.82) is 0 Å². The molecule has 0 aromatic carbocycles. The molecule has 0 bridgehead atoms. The summed E-state index contributed by atoms with van der Waals surface area (Å²) >= 11 is 0. The van der Waals surface area contributed by atoms with Gasteiger partial charge in [0, 0.05) is 18.9 Å². The Bertz CT molecular complexity index is 477. The van der Waals surface area contributed by atoms with Crippen molar-refractivity contribution >= 4 is 11.7 Å². The van der Waals surface area contributed by atoms with Gasteiger partial charge in [-0.25, -0.2) is 4.98 Å². The summed E-state index contributed by atoms with van der Waals surface area (Å²) < 4.78 is 5.19. The van der Waals surface area contributed by atoms with E-state index in [9.17, 15) is 4.79 Å². The first-order valence-electron chi connectivity index (χ1n) is 5.48. The number of nitrogens with one attached hydrogen (secondary N) is 1. The van der Waals surface area contributed by atoms with E-state index in [1.165, 1.54) is 0 Å². The normalized spacial score (nSPS) is 12.6. The molecule has 0 fully saturated rings. The highest BCUT2D eigenvalue weighted by Crippen LogP contribution is 2.14. The smallest absolute Gasteiger partial charge is 0.289 e. The second-order valence-electron chi connectivity index (χ2n) is 4.70. The molecule has 100 valence electrons. The number of nitrogens with two attached hydrogens (primary N) is 1. The Hall–Kier alpha value is -2.05. The van der Waals surface area contributed by atoms with Crippen LogP contribution >= 0.6 is 0 Å². The van der Waals surface area contributed by atoms with Crippen LogP contribution in [0.25, 0.3) is 0 Å². The van der Waals surface area contributed by atoms with E-state index in [0.29, 0.717) is 11.6 Å². The van der Waals surface area contributed by atoms with Gasteiger partial charge in [-0.15, -0.1) is 0 Å². The van der Waals surface area contributed by atoms with Crippen molar-refractivity contribution in [3.8, 4) is 0 Å². The lowest BCUT2D eigenvalue weighted by atomic mass is 9.92. The average molecular weight is 254 g/mol.